The number of hydrogen-bond acceptors (Lipinski definition) is 5. The van der Waals surface area contributed by atoms with Crippen LogP contribution in [0.2, 0.25) is 0 Å². The molecular formula is C18H21NO5S. The van der Waals surface area contributed by atoms with Crippen LogP contribution >= 0.6 is 0 Å². The van der Waals surface area contributed by atoms with E-state index in [0.29, 0.717) is 5.92 Å². The van der Waals surface area contributed by atoms with E-state index >= 15 is 0 Å². The molecule has 0 aromatic heterocycles. The maximum Gasteiger partial charge on any atom is 0.341 e. The fourth-order valence-electron chi connectivity index (χ4n) is 2.28. The molecule has 134 valence electrons. The zero-order chi connectivity index (χ0) is 18.6. The van der Waals surface area contributed by atoms with Gasteiger partial charge >= 0.3 is 5.97 Å². The molecule has 7 heteroatoms. The minimum absolute atomic E-state index is 0.160. The van der Waals surface area contributed by atoms with Gasteiger partial charge in [-0.15, -0.1) is 0 Å². The van der Waals surface area contributed by atoms with Crippen molar-refractivity contribution in [2.75, 3.05) is 18.9 Å². The van der Waals surface area contributed by atoms with Crippen molar-refractivity contribution in [1.82, 2.24) is 0 Å². The average Bonchev–Trinajstić information content (AvgIpc) is 2.60. The van der Waals surface area contributed by atoms with Crippen LogP contribution in [0.25, 0.3) is 0 Å². The number of carbonyl (C=O) groups is 1. The first kappa shape index (κ1) is 18.8. The van der Waals surface area contributed by atoms with Crippen molar-refractivity contribution >= 4 is 21.7 Å². The summed E-state index contributed by atoms with van der Waals surface area (Å²) in [6.07, 6.45) is 0. The fourth-order valence-corrected chi connectivity index (χ4v) is 3.33. The first-order valence-electron chi connectivity index (χ1n) is 7.67. The summed E-state index contributed by atoms with van der Waals surface area (Å²) in [6, 6.07) is 11.1. The smallest absolute Gasteiger partial charge is 0.341 e. The Labute approximate surface area is 147 Å². The maximum absolute atomic E-state index is 12.5. The molecule has 0 saturated heterocycles. The monoisotopic (exact) mass is 363 g/mol. The van der Waals surface area contributed by atoms with Gasteiger partial charge in [0.15, 0.2) is 0 Å². The number of carbonyl (C=O) groups excluding carboxylic acids is 1. The van der Waals surface area contributed by atoms with E-state index in [9.17, 15) is 13.2 Å². The molecular weight excluding hydrogens is 342 g/mol. The van der Waals surface area contributed by atoms with E-state index in [1.54, 1.807) is 24.3 Å². The first-order chi connectivity index (χ1) is 11.8. The zero-order valence-electron chi connectivity index (χ0n) is 14.6. The van der Waals surface area contributed by atoms with E-state index < -0.39 is 16.0 Å². The number of sulfonamides is 1. The predicted octanol–water partition coefficient (Wildman–Crippen LogP) is 3.41. The molecule has 0 fully saturated rings. The van der Waals surface area contributed by atoms with Crippen molar-refractivity contribution < 1.29 is 22.7 Å². The van der Waals surface area contributed by atoms with Gasteiger partial charge in [0.2, 0.25) is 0 Å². The van der Waals surface area contributed by atoms with Gasteiger partial charge in [-0.25, -0.2) is 13.2 Å². The molecule has 0 aliphatic carbocycles. The van der Waals surface area contributed by atoms with Gasteiger partial charge in [0.05, 0.1) is 24.8 Å². The molecule has 0 bridgehead atoms. The number of hydrogen-bond donors (Lipinski definition) is 1. The summed E-state index contributed by atoms with van der Waals surface area (Å²) in [7, 11) is -1.08. The van der Waals surface area contributed by atoms with Crippen LogP contribution in [0.4, 0.5) is 5.69 Å². The highest BCUT2D eigenvalue weighted by atomic mass is 32.2. The number of esters is 1. The second-order valence-corrected chi connectivity index (χ2v) is 7.42. The highest BCUT2D eigenvalue weighted by molar-refractivity contribution is 7.92. The van der Waals surface area contributed by atoms with Crippen LogP contribution in [-0.4, -0.2) is 28.6 Å². The molecule has 0 heterocycles. The van der Waals surface area contributed by atoms with Gasteiger partial charge in [0.25, 0.3) is 10.0 Å². The third-order valence-corrected chi connectivity index (χ3v) is 5.11. The Morgan fingerprint density at radius 3 is 2.20 bits per heavy atom. The topological polar surface area (TPSA) is 81.7 Å². The minimum atomic E-state index is -3.74. The predicted molar refractivity (Wildman–Crippen MR) is 95.7 cm³/mol. The van der Waals surface area contributed by atoms with E-state index in [0.717, 1.165) is 5.56 Å². The molecule has 0 aliphatic rings. The Morgan fingerprint density at radius 1 is 1.04 bits per heavy atom. The van der Waals surface area contributed by atoms with Crippen LogP contribution in [0.1, 0.15) is 35.7 Å². The Morgan fingerprint density at radius 2 is 1.68 bits per heavy atom. The van der Waals surface area contributed by atoms with Crippen molar-refractivity contribution in [3.8, 4) is 5.75 Å². The van der Waals surface area contributed by atoms with Crippen LogP contribution in [-0.2, 0) is 14.8 Å². The number of nitrogens with one attached hydrogen (secondary N) is 1. The molecule has 0 unspecified atom stereocenters. The van der Waals surface area contributed by atoms with Gasteiger partial charge in [-0.05, 0) is 35.7 Å². The molecule has 0 amide bonds. The number of methoxy groups -OCH3 is 2. The largest absolute Gasteiger partial charge is 0.496 e. The highest BCUT2D eigenvalue weighted by Crippen LogP contribution is 2.26. The second-order valence-electron chi connectivity index (χ2n) is 5.74. The lowest BCUT2D eigenvalue weighted by atomic mass is 10.0. The summed E-state index contributed by atoms with van der Waals surface area (Å²) in [6.45, 7) is 4.08. The van der Waals surface area contributed by atoms with Crippen molar-refractivity contribution in [3.05, 3.63) is 53.6 Å². The average molecular weight is 363 g/mol. The Hall–Kier alpha value is -2.54. The number of rotatable bonds is 6. The molecule has 0 saturated carbocycles. The van der Waals surface area contributed by atoms with E-state index in [1.165, 1.54) is 32.4 Å². The van der Waals surface area contributed by atoms with Crippen LogP contribution in [0, 0.1) is 0 Å². The van der Waals surface area contributed by atoms with Crippen molar-refractivity contribution in [2.45, 2.75) is 24.7 Å². The zero-order valence-corrected chi connectivity index (χ0v) is 15.4. The summed E-state index contributed by atoms with van der Waals surface area (Å²) in [5, 5.41) is 0. The Kier molecular flexibility index (Phi) is 5.69. The van der Waals surface area contributed by atoms with E-state index in [2.05, 4.69) is 9.46 Å². The van der Waals surface area contributed by atoms with E-state index in [1.807, 2.05) is 13.8 Å². The standard InChI is InChI=1S/C18H21NO5S/c1-12(2)13-5-8-15(9-6-13)25(21,22)19-14-7-10-16(18(20)24-4)17(11-14)23-3/h5-12,19H,1-4H3. The van der Waals surface area contributed by atoms with Crippen LogP contribution in [0.3, 0.4) is 0 Å². The summed E-state index contributed by atoms with van der Waals surface area (Å²) in [5.74, 6) is -0.0161. The van der Waals surface area contributed by atoms with Crippen molar-refractivity contribution in [1.29, 1.82) is 0 Å². The third kappa shape index (κ3) is 4.30. The number of ether oxygens (including phenoxy) is 2. The minimum Gasteiger partial charge on any atom is -0.496 e. The molecule has 6 nitrogen and oxygen atoms in total. The lowest BCUT2D eigenvalue weighted by Crippen LogP contribution is -2.13. The van der Waals surface area contributed by atoms with Crippen molar-refractivity contribution in [3.63, 3.8) is 0 Å². The molecule has 25 heavy (non-hydrogen) atoms. The molecule has 2 rings (SSSR count). The van der Waals surface area contributed by atoms with Gasteiger partial charge in [-0.1, -0.05) is 26.0 Å². The Balaban J connectivity index is 2.29. The molecule has 0 atom stereocenters. The quantitative estimate of drug-likeness (QED) is 0.796. The van der Waals surface area contributed by atoms with Crippen molar-refractivity contribution in [2.24, 2.45) is 0 Å². The van der Waals surface area contributed by atoms with E-state index in [-0.39, 0.29) is 21.9 Å². The number of anilines is 1. The highest BCUT2D eigenvalue weighted by Gasteiger charge is 2.18. The molecule has 2 aromatic carbocycles. The summed E-state index contributed by atoms with van der Waals surface area (Å²) in [4.78, 5) is 11.8. The van der Waals surface area contributed by atoms with E-state index in [4.69, 9.17) is 4.74 Å². The lowest BCUT2D eigenvalue weighted by Gasteiger charge is -2.12. The van der Waals surface area contributed by atoms with Gasteiger partial charge in [0.1, 0.15) is 11.3 Å². The normalized spacial score (nSPS) is 11.2. The Bertz CT molecular complexity index is 858. The van der Waals surface area contributed by atoms with Gasteiger partial charge < -0.3 is 9.47 Å². The summed E-state index contributed by atoms with van der Waals surface area (Å²) in [5.41, 5.74) is 1.56. The molecule has 0 spiro atoms. The molecule has 0 radical (unpaired) electrons. The SMILES string of the molecule is COC(=O)c1ccc(NS(=O)(=O)c2ccc(C(C)C)cc2)cc1OC. The number of benzene rings is 2. The first-order valence-corrected chi connectivity index (χ1v) is 9.16. The summed E-state index contributed by atoms with van der Waals surface area (Å²) >= 11 is 0. The molecule has 0 aliphatic heterocycles. The summed E-state index contributed by atoms with van der Waals surface area (Å²) < 4.78 is 37.3. The lowest BCUT2D eigenvalue weighted by molar-refractivity contribution is 0.0597. The van der Waals surface area contributed by atoms with Crippen LogP contribution in [0.5, 0.6) is 5.75 Å². The van der Waals surface area contributed by atoms with Crippen LogP contribution in [0.15, 0.2) is 47.4 Å². The second kappa shape index (κ2) is 7.57. The fraction of sp³-hybridized carbons (Fsp3) is 0.278. The third-order valence-electron chi connectivity index (χ3n) is 3.72. The molecule has 2 aromatic rings. The van der Waals surface area contributed by atoms with Gasteiger partial charge in [0, 0.05) is 6.07 Å². The van der Waals surface area contributed by atoms with Crippen LogP contribution < -0.4 is 9.46 Å². The van der Waals surface area contributed by atoms with Gasteiger partial charge in [-0.3, -0.25) is 4.72 Å². The van der Waals surface area contributed by atoms with Gasteiger partial charge in [-0.2, -0.15) is 0 Å². The maximum atomic E-state index is 12.5. The molecule has 1 N–H and O–H groups in total.